The van der Waals surface area contributed by atoms with Gasteiger partial charge >= 0.3 is 12.2 Å². The lowest BCUT2D eigenvalue weighted by Gasteiger charge is -2.37. The minimum atomic E-state index is -4.37. The van der Waals surface area contributed by atoms with Crippen molar-refractivity contribution in [3.8, 4) is 5.75 Å². The van der Waals surface area contributed by atoms with Crippen LogP contribution >= 0.6 is 0 Å². The Morgan fingerprint density at radius 2 is 1.74 bits per heavy atom. The van der Waals surface area contributed by atoms with Crippen molar-refractivity contribution in [3.05, 3.63) is 89.3 Å². The molecule has 2 aromatic carbocycles. The quantitative estimate of drug-likeness (QED) is 0.269. The van der Waals surface area contributed by atoms with Gasteiger partial charge in [0.15, 0.2) is 11.6 Å². The van der Waals surface area contributed by atoms with Crippen LogP contribution in [-0.2, 0) is 12.0 Å². The number of hydrogen-bond acceptors (Lipinski definition) is 2. The van der Waals surface area contributed by atoms with E-state index in [4.69, 9.17) is 4.74 Å². The fourth-order valence-corrected chi connectivity index (χ4v) is 4.27. The van der Waals surface area contributed by atoms with Gasteiger partial charge in [0.25, 0.3) is 0 Å². The monoisotopic (exact) mass is 538 g/mol. The van der Waals surface area contributed by atoms with Crippen molar-refractivity contribution < 1.29 is 31.5 Å². The van der Waals surface area contributed by atoms with Gasteiger partial charge in [-0.05, 0) is 56.0 Å². The topological polar surface area (TPSA) is 50.4 Å². The zero-order valence-electron chi connectivity index (χ0n) is 21.9. The maximum Gasteiger partial charge on any atom is 0.412 e. The summed E-state index contributed by atoms with van der Waals surface area (Å²) in [6.45, 7) is 5.79. The van der Waals surface area contributed by atoms with Crippen LogP contribution in [-0.4, -0.2) is 32.0 Å². The number of methoxy groups -OCH3 is 1. The number of urea groups is 1. The number of benzene rings is 2. The largest absolute Gasteiger partial charge is 0.494 e. The molecule has 0 heterocycles. The summed E-state index contributed by atoms with van der Waals surface area (Å²) < 4.78 is 65.0. The van der Waals surface area contributed by atoms with E-state index in [2.05, 4.69) is 17.2 Å². The van der Waals surface area contributed by atoms with Crippen molar-refractivity contribution in [2.24, 2.45) is 0 Å². The van der Waals surface area contributed by atoms with E-state index in [9.17, 15) is 26.7 Å². The van der Waals surface area contributed by atoms with Crippen molar-refractivity contribution in [1.82, 2.24) is 10.6 Å². The molecule has 9 heteroatoms. The Hall–Kier alpha value is -3.36. The van der Waals surface area contributed by atoms with E-state index < -0.39 is 29.8 Å². The molecule has 1 aliphatic rings. The molecule has 2 amide bonds. The van der Waals surface area contributed by atoms with Crippen LogP contribution in [0.5, 0.6) is 5.75 Å². The predicted octanol–water partition coefficient (Wildman–Crippen LogP) is 7.55. The highest BCUT2D eigenvalue weighted by Crippen LogP contribution is 2.35. The van der Waals surface area contributed by atoms with Crippen LogP contribution in [0.1, 0.15) is 50.7 Å². The number of carbonyl (C=O) groups excluding carboxylic acids is 1. The fraction of sp³-hybridized carbons (Fsp3) is 0.414. The number of halogens is 5. The maximum absolute atomic E-state index is 14.6. The Bertz CT molecular complexity index is 1100. The standard InChI is InChI=1S/C24H29FN2O2.C5H6F4/c1-17(2)24(16-18-9-5-4-6-10-18,19-13-14-22(29-3)21(25)15-19)27-23(28)26-20-11-7-8-12-20;1-4(2-3-6)5(7,8)9/h4-6,9-10,13-15,20H,1,7-8,11-12,16H2,2-3H3,(H2,26,27,28);2H,3H2,1H3/b;4-2+. The molecule has 0 radical (unpaired) electrons. The number of allylic oxidation sites excluding steroid dienone is 2. The highest BCUT2D eigenvalue weighted by atomic mass is 19.4. The van der Waals surface area contributed by atoms with Crippen LogP contribution in [0.15, 0.2) is 72.3 Å². The summed E-state index contributed by atoms with van der Waals surface area (Å²) in [4.78, 5) is 12.9. The number of hydrogen-bond donors (Lipinski definition) is 2. The third-order valence-corrected chi connectivity index (χ3v) is 6.53. The highest BCUT2D eigenvalue weighted by Gasteiger charge is 2.36. The second kappa shape index (κ2) is 14.0. The van der Waals surface area contributed by atoms with Gasteiger partial charge < -0.3 is 15.4 Å². The average Bonchev–Trinajstić information content (AvgIpc) is 3.37. The summed E-state index contributed by atoms with van der Waals surface area (Å²) in [5.41, 5.74) is 0.552. The van der Waals surface area contributed by atoms with Gasteiger partial charge in [-0.15, -0.1) is 0 Å². The molecule has 0 spiro atoms. The molecule has 1 unspecified atom stereocenters. The van der Waals surface area contributed by atoms with Crippen LogP contribution in [0.2, 0.25) is 0 Å². The molecule has 3 rings (SSSR count). The average molecular weight is 539 g/mol. The van der Waals surface area contributed by atoms with Gasteiger partial charge in [0, 0.05) is 18.0 Å². The van der Waals surface area contributed by atoms with Crippen LogP contribution < -0.4 is 15.4 Å². The van der Waals surface area contributed by atoms with E-state index in [0.29, 0.717) is 18.1 Å². The minimum Gasteiger partial charge on any atom is -0.494 e. The van der Waals surface area contributed by atoms with E-state index >= 15 is 0 Å². The van der Waals surface area contributed by atoms with Crippen LogP contribution in [0, 0.1) is 5.82 Å². The minimum absolute atomic E-state index is 0.166. The first kappa shape index (κ1) is 30.9. The van der Waals surface area contributed by atoms with Crippen molar-refractivity contribution in [2.75, 3.05) is 13.8 Å². The smallest absolute Gasteiger partial charge is 0.412 e. The SMILES string of the molecule is C/C(=C\CF)C(F)(F)F.C=C(C)C(Cc1ccccc1)(NC(=O)NC1CCCC1)c1ccc(OC)c(F)c1. The van der Waals surface area contributed by atoms with E-state index in [1.807, 2.05) is 37.3 Å². The Labute approximate surface area is 221 Å². The van der Waals surface area contributed by atoms with Gasteiger partial charge in [-0.1, -0.05) is 61.4 Å². The van der Waals surface area contributed by atoms with Crippen molar-refractivity contribution in [2.45, 2.75) is 63.7 Å². The molecule has 0 bridgehead atoms. The second-order valence-electron chi connectivity index (χ2n) is 9.32. The molecule has 1 saturated carbocycles. The number of amides is 2. The van der Waals surface area contributed by atoms with Crippen molar-refractivity contribution >= 4 is 6.03 Å². The lowest BCUT2D eigenvalue weighted by molar-refractivity contribution is -0.0916. The van der Waals surface area contributed by atoms with Gasteiger partial charge in [0.1, 0.15) is 6.67 Å². The first-order valence-electron chi connectivity index (χ1n) is 12.4. The van der Waals surface area contributed by atoms with Gasteiger partial charge in [0.2, 0.25) is 0 Å². The van der Waals surface area contributed by atoms with Crippen LogP contribution in [0.4, 0.5) is 26.7 Å². The molecular formula is C29H35F5N2O2. The molecule has 1 fully saturated rings. The molecule has 4 nitrogen and oxygen atoms in total. The van der Waals surface area contributed by atoms with E-state index in [1.54, 1.807) is 12.1 Å². The summed E-state index contributed by atoms with van der Waals surface area (Å²) in [6, 6.07) is 14.6. The molecule has 2 aromatic rings. The van der Waals surface area contributed by atoms with Crippen molar-refractivity contribution in [3.63, 3.8) is 0 Å². The van der Waals surface area contributed by atoms with Crippen LogP contribution in [0.3, 0.4) is 0 Å². The van der Waals surface area contributed by atoms with E-state index in [-0.39, 0.29) is 17.8 Å². The summed E-state index contributed by atoms with van der Waals surface area (Å²) >= 11 is 0. The maximum atomic E-state index is 14.6. The first-order chi connectivity index (χ1) is 17.9. The third kappa shape index (κ3) is 8.60. The summed E-state index contributed by atoms with van der Waals surface area (Å²) in [6.07, 6.45) is 0.834. The number of rotatable bonds is 8. The zero-order valence-corrected chi connectivity index (χ0v) is 21.9. The lowest BCUT2D eigenvalue weighted by Crippen LogP contribution is -2.53. The second-order valence-corrected chi connectivity index (χ2v) is 9.32. The van der Waals surface area contributed by atoms with Gasteiger partial charge in [-0.2, -0.15) is 13.2 Å². The van der Waals surface area contributed by atoms with E-state index in [0.717, 1.165) is 43.7 Å². The molecular weight excluding hydrogens is 503 g/mol. The van der Waals surface area contributed by atoms with Crippen molar-refractivity contribution in [1.29, 1.82) is 0 Å². The molecule has 2 N–H and O–H groups in total. The number of carbonyl (C=O) groups is 1. The number of alkyl halides is 4. The normalized spacial score (nSPS) is 15.6. The van der Waals surface area contributed by atoms with Gasteiger partial charge in [-0.3, -0.25) is 0 Å². The molecule has 0 aliphatic heterocycles. The zero-order chi connectivity index (χ0) is 28.3. The Morgan fingerprint density at radius 1 is 1.11 bits per heavy atom. The first-order valence-corrected chi connectivity index (χ1v) is 12.4. The Morgan fingerprint density at radius 3 is 2.21 bits per heavy atom. The fourth-order valence-electron chi connectivity index (χ4n) is 4.27. The summed E-state index contributed by atoms with van der Waals surface area (Å²) in [5.74, 6) is -0.304. The molecule has 0 aromatic heterocycles. The van der Waals surface area contributed by atoms with Crippen LogP contribution in [0.25, 0.3) is 0 Å². The number of nitrogens with one attached hydrogen (secondary N) is 2. The number of ether oxygens (including phenoxy) is 1. The third-order valence-electron chi connectivity index (χ3n) is 6.53. The molecule has 1 atom stereocenters. The highest BCUT2D eigenvalue weighted by molar-refractivity contribution is 5.76. The Balaban J connectivity index is 0.000000484. The summed E-state index contributed by atoms with van der Waals surface area (Å²) in [7, 11) is 1.43. The molecule has 1 aliphatic carbocycles. The van der Waals surface area contributed by atoms with Gasteiger partial charge in [0.05, 0.1) is 12.6 Å². The summed E-state index contributed by atoms with van der Waals surface area (Å²) in [5, 5.41) is 6.20. The molecule has 38 heavy (non-hydrogen) atoms. The van der Waals surface area contributed by atoms with Gasteiger partial charge in [-0.25, -0.2) is 13.6 Å². The lowest BCUT2D eigenvalue weighted by atomic mass is 9.78. The molecule has 208 valence electrons. The van der Waals surface area contributed by atoms with E-state index in [1.165, 1.54) is 13.2 Å². The molecule has 0 saturated heterocycles. The Kier molecular flexibility index (Phi) is 11.4. The predicted molar refractivity (Wildman–Crippen MR) is 139 cm³/mol.